The maximum Gasteiger partial charge on any atom is -0.147 e. The molecule has 0 saturated heterocycles. The van der Waals surface area contributed by atoms with Crippen LogP contribution in [0, 0.1) is 0 Å². The van der Waals surface area contributed by atoms with Gasteiger partial charge in [-0.05, 0) is 0 Å². The van der Waals surface area contributed by atoms with Gasteiger partial charge in [-0.1, -0.05) is 39.5 Å². The van der Waals surface area contributed by atoms with Crippen LogP contribution < -0.4 is 0 Å². The van der Waals surface area contributed by atoms with Crippen LogP contribution in [0.4, 0.5) is 0 Å². The molecule has 2 unspecified atom stereocenters. The van der Waals surface area contributed by atoms with Crippen LogP contribution in [-0.2, 0) is 19.4 Å². The number of fused-ring (bicyclic) bond motifs is 2. The molecule has 0 nitrogen and oxygen atoms in total. The fraction of sp³-hybridized carbons (Fsp3) is 0.300. The minimum absolute atomic E-state index is 0. The zero-order valence-electron chi connectivity index (χ0n) is 27.4. The quantitative estimate of drug-likeness (QED) is 0.126. The molecule has 232 valence electrons. The Hall–Kier alpha value is -1.96. The number of unbranched alkanes of at least 4 members (excludes halogenated alkanes) is 3. The van der Waals surface area contributed by atoms with Gasteiger partial charge in [-0.25, -0.2) is 0 Å². The summed E-state index contributed by atoms with van der Waals surface area (Å²) in [6.07, 6.45) is 10.6. The molecule has 6 rings (SSSR count). The van der Waals surface area contributed by atoms with Gasteiger partial charge in [0.05, 0.1) is 0 Å². The standard InChI is InChI=1S/2C16H13.C6H14.C2H5.2ClH.H3Si.Zr/c2*1-12-10-14-8-5-9-15(16(14)11-12)13-6-3-2-4-7-13;1-3-5-6-4-2;1-2;;;;/h2*2-11H,1H3;3-6H2,1-2H3;1H2,2H3;2*1H;1H3;. The van der Waals surface area contributed by atoms with Gasteiger partial charge in [0.2, 0.25) is 0 Å². The zero-order valence-corrected chi connectivity index (χ0v) is 33.5. The van der Waals surface area contributed by atoms with Gasteiger partial charge in [0, 0.05) is 0 Å². The first-order valence-electron chi connectivity index (χ1n) is 16.2. The SMILES string of the molecule is CCCCCC.C[CH2][Zr]([SiH3])([CH]1C(C)=Cc2c(-c3ccccc3)cccc21)[CH]1C(C)=Cc2c(-c3ccccc3)cccc21.Cl.Cl. The molecule has 4 aromatic carbocycles. The van der Waals surface area contributed by atoms with Crippen LogP contribution >= 0.6 is 24.8 Å². The Balaban J connectivity index is 0.000000605. The van der Waals surface area contributed by atoms with E-state index in [9.17, 15) is 0 Å². The van der Waals surface area contributed by atoms with Crippen molar-refractivity contribution in [3.05, 3.63) is 130 Å². The summed E-state index contributed by atoms with van der Waals surface area (Å²) in [5.41, 5.74) is 14.9. The minimum Gasteiger partial charge on any atom is -0.147 e. The Morgan fingerprint density at radius 2 is 0.932 bits per heavy atom. The molecule has 0 saturated carbocycles. The van der Waals surface area contributed by atoms with E-state index in [4.69, 9.17) is 0 Å². The average molecular weight is 721 g/mol. The van der Waals surface area contributed by atoms with Gasteiger partial charge in [0.1, 0.15) is 0 Å². The van der Waals surface area contributed by atoms with Crippen LogP contribution in [0.5, 0.6) is 0 Å². The molecule has 0 amide bonds. The number of halogens is 2. The summed E-state index contributed by atoms with van der Waals surface area (Å²) in [6.45, 7) is 11.8. The normalized spacial score (nSPS) is 17.5. The van der Waals surface area contributed by atoms with E-state index in [2.05, 4.69) is 144 Å². The van der Waals surface area contributed by atoms with E-state index in [1.165, 1.54) is 70.6 Å². The Morgan fingerprint density at radius 1 is 0.545 bits per heavy atom. The second kappa shape index (κ2) is 16.6. The van der Waals surface area contributed by atoms with Gasteiger partial charge < -0.3 is 0 Å². The summed E-state index contributed by atoms with van der Waals surface area (Å²) in [5, 5.41) is 0. The number of benzene rings is 4. The Morgan fingerprint density at radius 3 is 1.27 bits per heavy atom. The van der Waals surface area contributed by atoms with Crippen molar-refractivity contribution in [1.29, 1.82) is 0 Å². The number of hydrogen-bond acceptors (Lipinski definition) is 0. The summed E-state index contributed by atoms with van der Waals surface area (Å²) in [5.74, 6) is 0. The van der Waals surface area contributed by atoms with E-state index < -0.39 is 19.4 Å². The van der Waals surface area contributed by atoms with Crippen LogP contribution in [-0.4, -0.2) is 7.37 Å². The summed E-state index contributed by atoms with van der Waals surface area (Å²) in [4.78, 5) is 0. The van der Waals surface area contributed by atoms with E-state index in [0.29, 0.717) is 7.25 Å². The number of allylic oxidation sites excluding steroid dienone is 2. The van der Waals surface area contributed by atoms with Crippen LogP contribution in [0.2, 0.25) is 4.13 Å². The van der Waals surface area contributed by atoms with Crippen molar-refractivity contribution in [2.75, 3.05) is 0 Å². The van der Waals surface area contributed by atoms with Crippen molar-refractivity contribution < 1.29 is 19.4 Å². The fourth-order valence-electron chi connectivity index (χ4n) is 7.67. The molecule has 44 heavy (non-hydrogen) atoms. The molecule has 0 bridgehead atoms. The molecule has 0 radical (unpaired) electrons. The van der Waals surface area contributed by atoms with Crippen LogP contribution in [0.25, 0.3) is 34.4 Å². The molecule has 2 aliphatic carbocycles. The third kappa shape index (κ3) is 7.20. The molecule has 0 heterocycles. The molecule has 0 fully saturated rings. The first-order chi connectivity index (χ1) is 20.4. The molecule has 4 aromatic rings. The molecule has 0 aromatic heterocycles. The smallest absolute Gasteiger partial charge is 0.147 e. The molecular weight excluding hydrogens is 671 g/mol. The van der Waals surface area contributed by atoms with Crippen molar-refractivity contribution in [1.82, 2.24) is 0 Å². The monoisotopic (exact) mass is 718 g/mol. The molecule has 0 aliphatic heterocycles. The number of hydrogen-bond donors (Lipinski definition) is 0. The van der Waals surface area contributed by atoms with E-state index in [1.54, 1.807) is 22.3 Å². The molecule has 0 N–H and O–H groups in total. The van der Waals surface area contributed by atoms with Gasteiger partial charge in [0.25, 0.3) is 0 Å². The average Bonchev–Trinajstić information content (AvgIpc) is 3.56. The second-order valence-corrected chi connectivity index (χ2v) is 35.6. The Kier molecular flexibility index (Phi) is 13.7. The van der Waals surface area contributed by atoms with Crippen molar-refractivity contribution in [3.63, 3.8) is 0 Å². The molecule has 4 heteroatoms. The third-order valence-corrected chi connectivity index (χ3v) is 34.8. The maximum absolute atomic E-state index is 2.73. The summed E-state index contributed by atoms with van der Waals surface area (Å²) >= 11 is -2.73. The molecule has 2 atom stereocenters. The van der Waals surface area contributed by atoms with Crippen LogP contribution in [0.15, 0.2) is 108 Å². The predicted molar refractivity (Wildman–Crippen MR) is 201 cm³/mol. The van der Waals surface area contributed by atoms with E-state index in [-0.39, 0.29) is 24.8 Å². The largest absolute Gasteiger partial charge is 0.147 e. The van der Waals surface area contributed by atoms with E-state index in [1.807, 2.05) is 0 Å². The predicted octanol–water partition coefficient (Wildman–Crippen LogP) is 11.9. The van der Waals surface area contributed by atoms with Crippen LogP contribution in [0.1, 0.15) is 89.8 Å². The van der Waals surface area contributed by atoms with Crippen molar-refractivity contribution in [2.24, 2.45) is 0 Å². The van der Waals surface area contributed by atoms with Gasteiger partial charge >= 0.3 is 224 Å². The summed E-state index contributed by atoms with van der Waals surface area (Å²) in [7, 11) is 1.33. The third-order valence-electron chi connectivity index (χ3n) is 9.76. The van der Waals surface area contributed by atoms with Gasteiger partial charge in [-0.3, -0.25) is 0 Å². The summed E-state index contributed by atoms with van der Waals surface area (Å²) in [6, 6.07) is 36.1. The fourth-order valence-corrected chi connectivity index (χ4v) is 29.8. The van der Waals surface area contributed by atoms with E-state index in [0.717, 1.165) is 0 Å². The van der Waals surface area contributed by atoms with Gasteiger partial charge in [-0.15, -0.1) is 24.8 Å². The molecule has 0 spiro atoms. The van der Waals surface area contributed by atoms with Crippen LogP contribution in [0.3, 0.4) is 0 Å². The van der Waals surface area contributed by atoms with Crippen molar-refractivity contribution >= 4 is 44.3 Å². The Labute approximate surface area is 286 Å². The zero-order chi connectivity index (χ0) is 29.7. The molecule has 2 aliphatic rings. The first kappa shape index (κ1) is 36.5. The van der Waals surface area contributed by atoms with Crippen molar-refractivity contribution in [3.8, 4) is 22.3 Å². The number of rotatable bonds is 8. The van der Waals surface area contributed by atoms with Gasteiger partial charge in [-0.2, -0.15) is 0 Å². The minimum atomic E-state index is -2.73. The Bertz CT molecular complexity index is 1460. The van der Waals surface area contributed by atoms with Gasteiger partial charge in [0.15, 0.2) is 0 Å². The topological polar surface area (TPSA) is 0 Å². The summed E-state index contributed by atoms with van der Waals surface area (Å²) < 4.78 is 2.71. The second-order valence-electron chi connectivity index (χ2n) is 12.6. The van der Waals surface area contributed by atoms with Crippen molar-refractivity contribution in [2.45, 2.75) is 71.7 Å². The van der Waals surface area contributed by atoms with E-state index >= 15 is 0 Å². The first-order valence-corrected chi connectivity index (χ1v) is 29.1. The maximum atomic E-state index is 2.54. The molecular formula is C40H50Cl2SiZr.